The number of rotatable bonds is 5. The number of amides is 1. The number of aromatic nitrogens is 1. The first-order chi connectivity index (χ1) is 16.5. The van der Waals surface area contributed by atoms with Crippen LogP contribution in [0.5, 0.6) is 0 Å². The fourth-order valence-electron chi connectivity index (χ4n) is 4.80. The average molecular weight is 468 g/mol. The summed E-state index contributed by atoms with van der Waals surface area (Å²) in [5.74, 6) is -0.0667. The number of anilines is 1. The van der Waals surface area contributed by atoms with E-state index >= 15 is 0 Å². The lowest BCUT2D eigenvalue weighted by Gasteiger charge is -2.12. The van der Waals surface area contributed by atoms with Crippen LogP contribution < -0.4 is 5.32 Å². The fourth-order valence-corrected chi connectivity index (χ4v) is 6.03. The molecule has 0 saturated carbocycles. The lowest BCUT2D eigenvalue weighted by molar-refractivity contribution is 0.102. The Morgan fingerprint density at radius 3 is 2.59 bits per heavy atom. The van der Waals surface area contributed by atoms with Gasteiger partial charge in [-0.2, -0.15) is 0 Å². The van der Waals surface area contributed by atoms with Gasteiger partial charge >= 0.3 is 0 Å². The van der Waals surface area contributed by atoms with E-state index in [1.807, 2.05) is 36.5 Å². The normalized spacial score (nSPS) is 13.3. The Kier molecular flexibility index (Phi) is 6.20. The molecular formula is C29H29N3OS. The van der Waals surface area contributed by atoms with Gasteiger partial charge in [-0.05, 0) is 87.9 Å². The van der Waals surface area contributed by atoms with Crippen molar-refractivity contribution >= 4 is 34.1 Å². The molecule has 0 radical (unpaired) electrons. The summed E-state index contributed by atoms with van der Waals surface area (Å²) in [5, 5.41) is 3.88. The number of hydrogen-bond acceptors (Lipinski definition) is 3. The van der Waals surface area contributed by atoms with Gasteiger partial charge in [-0.3, -0.25) is 4.79 Å². The van der Waals surface area contributed by atoms with Crippen molar-refractivity contribution in [3.63, 3.8) is 0 Å². The van der Waals surface area contributed by atoms with Gasteiger partial charge in [0.25, 0.3) is 5.91 Å². The van der Waals surface area contributed by atoms with E-state index in [0.29, 0.717) is 0 Å². The van der Waals surface area contributed by atoms with Crippen molar-refractivity contribution in [2.45, 2.75) is 46.5 Å². The van der Waals surface area contributed by atoms with Crippen molar-refractivity contribution in [1.82, 2.24) is 4.57 Å². The first-order valence-corrected chi connectivity index (χ1v) is 12.6. The molecule has 34 heavy (non-hydrogen) atoms. The first kappa shape index (κ1) is 22.4. The summed E-state index contributed by atoms with van der Waals surface area (Å²) in [6.07, 6.45) is 6.19. The van der Waals surface area contributed by atoms with Crippen LogP contribution in [0, 0.1) is 20.8 Å². The SMILES string of the molecule is Cc1cccc(-n2c(C)cc(C=Nc3sc4c(c3C(=O)Nc3ccccc3)CCCC4)c2C)c1. The van der Waals surface area contributed by atoms with Crippen LogP contribution in [0.3, 0.4) is 0 Å². The number of para-hydroxylation sites is 1. The smallest absolute Gasteiger partial charge is 0.259 e. The first-order valence-electron chi connectivity index (χ1n) is 11.8. The zero-order valence-corrected chi connectivity index (χ0v) is 20.7. The maximum atomic E-state index is 13.3. The van der Waals surface area contributed by atoms with Gasteiger partial charge in [0.15, 0.2) is 0 Å². The predicted molar refractivity (Wildman–Crippen MR) is 143 cm³/mol. The number of hydrogen-bond donors (Lipinski definition) is 1. The summed E-state index contributed by atoms with van der Waals surface area (Å²) in [4.78, 5) is 19.5. The van der Waals surface area contributed by atoms with E-state index in [0.717, 1.165) is 58.2 Å². The van der Waals surface area contributed by atoms with Crippen LogP contribution in [0.25, 0.3) is 5.69 Å². The Morgan fingerprint density at radius 2 is 1.79 bits per heavy atom. The number of thiophene rings is 1. The lowest BCUT2D eigenvalue weighted by atomic mass is 9.95. The number of carbonyl (C=O) groups excluding carboxylic acids is 1. The molecule has 1 amide bonds. The van der Waals surface area contributed by atoms with Gasteiger partial charge in [0.05, 0.1) is 5.56 Å². The van der Waals surface area contributed by atoms with Crippen LogP contribution in [0.2, 0.25) is 0 Å². The minimum absolute atomic E-state index is 0.0667. The van der Waals surface area contributed by atoms with Crippen molar-refractivity contribution in [2.75, 3.05) is 5.32 Å². The van der Waals surface area contributed by atoms with E-state index in [9.17, 15) is 4.79 Å². The predicted octanol–water partition coefficient (Wildman–Crippen LogP) is 7.35. The second-order valence-electron chi connectivity index (χ2n) is 8.97. The Balaban J connectivity index is 1.50. The van der Waals surface area contributed by atoms with Crippen LogP contribution in [0.1, 0.15) is 56.2 Å². The molecule has 172 valence electrons. The third kappa shape index (κ3) is 4.36. The van der Waals surface area contributed by atoms with E-state index in [1.165, 1.54) is 22.4 Å². The Labute approximate surface area is 205 Å². The highest BCUT2D eigenvalue weighted by atomic mass is 32.1. The number of nitrogens with one attached hydrogen (secondary N) is 1. The van der Waals surface area contributed by atoms with Gasteiger partial charge in [-0.1, -0.05) is 30.3 Å². The van der Waals surface area contributed by atoms with Crippen LogP contribution >= 0.6 is 11.3 Å². The topological polar surface area (TPSA) is 46.4 Å². The second-order valence-corrected chi connectivity index (χ2v) is 10.1. The number of nitrogens with zero attached hydrogens (tertiary/aromatic N) is 2. The summed E-state index contributed by atoms with van der Waals surface area (Å²) in [5.41, 5.74) is 8.50. The molecular weight excluding hydrogens is 438 g/mol. The minimum atomic E-state index is -0.0667. The zero-order valence-electron chi connectivity index (χ0n) is 19.9. The van der Waals surface area contributed by atoms with E-state index in [-0.39, 0.29) is 5.91 Å². The summed E-state index contributed by atoms with van der Waals surface area (Å²) in [7, 11) is 0. The molecule has 0 saturated heterocycles. The molecule has 2 aromatic heterocycles. The Bertz CT molecular complexity index is 1380. The molecule has 0 unspecified atom stereocenters. The quantitative estimate of drug-likeness (QED) is 0.307. The largest absolute Gasteiger partial charge is 0.322 e. The van der Waals surface area contributed by atoms with Crippen molar-refractivity contribution in [3.8, 4) is 5.69 Å². The standard InChI is InChI=1S/C29H29N3OS/c1-19-10-9-13-24(16-19)32-20(2)17-22(21(32)3)18-30-29-27(25-14-7-8-15-26(25)34-29)28(33)31-23-11-5-4-6-12-23/h4-6,9-13,16-18H,7-8,14-15H2,1-3H3,(H,31,33). The van der Waals surface area contributed by atoms with E-state index in [4.69, 9.17) is 4.99 Å². The zero-order chi connectivity index (χ0) is 23.7. The van der Waals surface area contributed by atoms with Gasteiger partial charge in [0.1, 0.15) is 5.00 Å². The monoisotopic (exact) mass is 467 g/mol. The van der Waals surface area contributed by atoms with Crippen LogP contribution in [-0.4, -0.2) is 16.7 Å². The summed E-state index contributed by atoms with van der Waals surface area (Å²) in [6, 6.07) is 20.3. The highest BCUT2D eigenvalue weighted by molar-refractivity contribution is 7.16. The van der Waals surface area contributed by atoms with Gasteiger partial charge in [0, 0.05) is 39.4 Å². The number of carbonyl (C=O) groups is 1. The summed E-state index contributed by atoms with van der Waals surface area (Å²) < 4.78 is 2.26. The number of benzene rings is 2. The molecule has 0 bridgehead atoms. The molecule has 2 heterocycles. The molecule has 0 atom stereocenters. The third-order valence-corrected chi connectivity index (χ3v) is 7.66. The minimum Gasteiger partial charge on any atom is -0.322 e. The number of fused-ring (bicyclic) bond motifs is 1. The molecule has 5 heteroatoms. The Hall–Kier alpha value is -3.44. The van der Waals surface area contributed by atoms with Gasteiger partial charge < -0.3 is 9.88 Å². The van der Waals surface area contributed by atoms with Crippen molar-refractivity contribution in [2.24, 2.45) is 4.99 Å². The molecule has 5 rings (SSSR count). The van der Waals surface area contributed by atoms with Crippen molar-refractivity contribution in [1.29, 1.82) is 0 Å². The fraction of sp³-hybridized carbons (Fsp3) is 0.241. The molecule has 2 aromatic carbocycles. The highest BCUT2D eigenvalue weighted by Crippen LogP contribution is 2.40. The molecule has 0 spiro atoms. The van der Waals surface area contributed by atoms with E-state index in [2.05, 4.69) is 61.0 Å². The number of aryl methyl sites for hydroxylation is 3. The molecule has 4 nitrogen and oxygen atoms in total. The summed E-state index contributed by atoms with van der Waals surface area (Å²) in [6.45, 7) is 6.36. The van der Waals surface area contributed by atoms with Gasteiger partial charge in [0.2, 0.25) is 0 Å². The number of aliphatic imine (C=N–C) groups is 1. The van der Waals surface area contributed by atoms with Crippen LogP contribution in [-0.2, 0) is 12.8 Å². The van der Waals surface area contributed by atoms with E-state index in [1.54, 1.807) is 11.3 Å². The third-order valence-electron chi connectivity index (χ3n) is 6.46. The van der Waals surface area contributed by atoms with Crippen molar-refractivity contribution in [3.05, 3.63) is 99.2 Å². The maximum absolute atomic E-state index is 13.3. The molecule has 1 aliphatic carbocycles. The molecule has 0 fully saturated rings. The Morgan fingerprint density at radius 1 is 1.00 bits per heavy atom. The lowest BCUT2D eigenvalue weighted by Crippen LogP contribution is -2.14. The average Bonchev–Trinajstić information content (AvgIpc) is 3.34. The molecule has 4 aromatic rings. The van der Waals surface area contributed by atoms with Crippen LogP contribution in [0.15, 0.2) is 65.7 Å². The van der Waals surface area contributed by atoms with E-state index < -0.39 is 0 Å². The summed E-state index contributed by atoms with van der Waals surface area (Å²) >= 11 is 1.67. The highest BCUT2D eigenvalue weighted by Gasteiger charge is 2.25. The second kappa shape index (κ2) is 9.43. The molecule has 1 aliphatic rings. The molecule has 1 N–H and O–H groups in total. The molecule has 0 aliphatic heterocycles. The van der Waals surface area contributed by atoms with Crippen LogP contribution in [0.4, 0.5) is 10.7 Å². The van der Waals surface area contributed by atoms with Gasteiger partial charge in [-0.25, -0.2) is 4.99 Å². The maximum Gasteiger partial charge on any atom is 0.259 e. The van der Waals surface area contributed by atoms with Crippen molar-refractivity contribution < 1.29 is 4.79 Å². The van der Waals surface area contributed by atoms with Gasteiger partial charge in [-0.15, -0.1) is 11.3 Å².